The third-order valence-corrected chi connectivity index (χ3v) is 4.25. The highest BCUT2D eigenvalue weighted by molar-refractivity contribution is 9.10. The Labute approximate surface area is 154 Å². The topological polar surface area (TPSA) is 31.2 Å². The summed E-state index contributed by atoms with van der Waals surface area (Å²) in [5.41, 5.74) is 0.0825. The Bertz CT molecular complexity index is 948. The molecule has 0 saturated heterocycles. The van der Waals surface area contributed by atoms with Crippen LogP contribution in [-0.2, 0) is 6.54 Å². The number of hydrogen-bond acceptors (Lipinski definition) is 2. The summed E-state index contributed by atoms with van der Waals surface area (Å²) in [7, 11) is 0. The summed E-state index contributed by atoms with van der Waals surface area (Å²) in [6.07, 6.45) is -3.77. The maximum Gasteiger partial charge on any atom is 0.454 e. The average Bonchev–Trinajstić information content (AvgIpc) is 2.93. The van der Waals surface area contributed by atoms with Crippen LogP contribution in [0.5, 0.6) is 5.75 Å². The molecular formula is C18H12BrF4NO2. The average molecular weight is 430 g/mol. The lowest BCUT2D eigenvalue weighted by molar-refractivity contribution is -0.0884. The molecule has 0 aliphatic rings. The smallest absolute Gasteiger partial charge is 0.454 e. The Morgan fingerprint density at radius 3 is 2.46 bits per heavy atom. The third kappa shape index (κ3) is 3.90. The summed E-state index contributed by atoms with van der Waals surface area (Å²) < 4.78 is 59.0. The van der Waals surface area contributed by atoms with Gasteiger partial charge in [0.05, 0.1) is 12.1 Å². The van der Waals surface area contributed by atoms with Crippen molar-refractivity contribution >= 4 is 32.6 Å². The van der Waals surface area contributed by atoms with Gasteiger partial charge in [-0.2, -0.15) is 13.2 Å². The molecule has 8 heteroatoms. The van der Waals surface area contributed by atoms with Crippen LogP contribution >= 0.6 is 15.9 Å². The molecule has 3 nitrogen and oxygen atoms in total. The van der Waals surface area contributed by atoms with E-state index in [2.05, 4.69) is 15.9 Å². The zero-order chi connectivity index (χ0) is 18.9. The van der Waals surface area contributed by atoms with Gasteiger partial charge >= 0.3 is 6.18 Å². The van der Waals surface area contributed by atoms with Crippen molar-refractivity contribution in [3.63, 3.8) is 0 Å². The molecule has 136 valence electrons. The highest BCUT2D eigenvalue weighted by atomic mass is 79.9. The predicted octanol–water partition coefficient (Wildman–Crippen LogP) is 5.37. The molecule has 2 aromatic carbocycles. The van der Waals surface area contributed by atoms with Crippen LogP contribution in [-0.4, -0.2) is 23.1 Å². The molecular weight excluding hydrogens is 418 g/mol. The second kappa shape index (κ2) is 7.11. The fourth-order valence-corrected chi connectivity index (χ4v) is 2.94. The minimum atomic E-state index is -4.95. The van der Waals surface area contributed by atoms with E-state index in [0.29, 0.717) is 15.7 Å². The molecule has 0 aliphatic carbocycles. The van der Waals surface area contributed by atoms with E-state index in [1.807, 2.05) is 0 Å². The zero-order valence-corrected chi connectivity index (χ0v) is 14.8. The van der Waals surface area contributed by atoms with Gasteiger partial charge in [0.1, 0.15) is 18.2 Å². The van der Waals surface area contributed by atoms with Crippen molar-refractivity contribution in [3.05, 3.63) is 64.5 Å². The Morgan fingerprint density at radius 1 is 1.12 bits per heavy atom. The number of ether oxygens (including phenoxy) is 1. The molecule has 0 unspecified atom stereocenters. The molecule has 0 bridgehead atoms. The molecule has 3 rings (SSSR count). The molecule has 0 N–H and O–H groups in total. The van der Waals surface area contributed by atoms with Gasteiger partial charge in [-0.1, -0.05) is 15.9 Å². The standard InChI is InChI=1S/C18H12BrF4NO2/c19-11-1-6-16-14(9-11)15(17(25)18(21,22)23)10-24(16)7-8-26-13-4-2-12(20)3-5-13/h1-6,9-10H,7-8H2. The maximum atomic E-state index is 12.9. The first-order chi connectivity index (χ1) is 12.3. The van der Waals surface area contributed by atoms with Crippen LogP contribution < -0.4 is 4.74 Å². The van der Waals surface area contributed by atoms with Crippen LogP contribution in [0.3, 0.4) is 0 Å². The first-order valence-corrected chi connectivity index (χ1v) is 8.33. The first kappa shape index (κ1) is 18.4. The van der Waals surface area contributed by atoms with Gasteiger partial charge < -0.3 is 9.30 Å². The molecule has 0 amide bonds. The number of benzene rings is 2. The van der Waals surface area contributed by atoms with Crippen LogP contribution in [0.1, 0.15) is 10.4 Å². The number of Topliss-reactive ketones (excluding diaryl/α,β-unsaturated/α-hetero) is 1. The molecule has 26 heavy (non-hydrogen) atoms. The van der Waals surface area contributed by atoms with Gasteiger partial charge in [-0.3, -0.25) is 4.79 Å². The summed E-state index contributed by atoms with van der Waals surface area (Å²) in [6.45, 7) is 0.367. The predicted molar refractivity (Wildman–Crippen MR) is 91.9 cm³/mol. The number of ketones is 1. The number of aromatic nitrogens is 1. The van der Waals surface area contributed by atoms with Gasteiger partial charge in [0, 0.05) is 21.6 Å². The minimum absolute atomic E-state index is 0.144. The molecule has 3 aromatic rings. The van der Waals surface area contributed by atoms with E-state index < -0.39 is 23.3 Å². The highest BCUT2D eigenvalue weighted by Crippen LogP contribution is 2.30. The van der Waals surface area contributed by atoms with Gasteiger partial charge in [-0.05, 0) is 42.5 Å². The third-order valence-electron chi connectivity index (χ3n) is 3.76. The number of nitrogens with zero attached hydrogens (tertiary/aromatic N) is 1. The molecule has 0 radical (unpaired) electrons. The van der Waals surface area contributed by atoms with Crippen molar-refractivity contribution < 1.29 is 27.1 Å². The zero-order valence-electron chi connectivity index (χ0n) is 13.2. The van der Waals surface area contributed by atoms with Crippen LogP contribution in [0.2, 0.25) is 0 Å². The van der Waals surface area contributed by atoms with Crippen molar-refractivity contribution in [3.8, 4) is 5.75 Å². The molecule has 0 atom stereocenters. The van der Waals surface area contributed by atoms with Crippen LogP contribution in [0.4, 0.5) is 17.6 Å². The van der Waals surface area contributed by atoms with E-state index >= 15 is 0 Å². The van der Waals surface area contributed by atoms with Gasteiger partial charge in [0.2, 0.25) is 0 Å². The van der Waals surface area contributed by atoms with Gasteiger partial charge in [0.15, 0.2) is 0 Å². The number of halogens is 5. The lowest BCUT2D eigenvalue weighted by atomic mass is 10.1. The van der Waals surface area contributed by atoms with Crippen molar-refractivity contribution in [2.75, 3.05) is 6.61 Å². The van der Waals surface area contributed by atoms with E-state index in [4.69, 9.17) is 4.74 Å². The SMILES string of the molecule is O=C(c1cn(CCOc2ccc(F)cc2)c2ccc(Br)cc12)C(F)(F)F. The van der Waals surface area contributed by atoms with E-state index in [1.165, 1.54) is 41.1 Å². The summed E-state index contributed by atoms with van der Waals surface area (Å²) in [6, 6.07) is 10.2. The van der Waals surface area contributed by atoms with Crippen LogP contribution in [0.15, 0.2) is 53.1 Å². The molecule has 1 heterocycles. The van der Waals surface area contributed by atoms with Crippen LogP contribution in [0.25, 0.3) is 10.9 Å². The summed E-state index contributed by atoms with van der Waals surface area (Å²) >= 11 is 3.21. The number of alkyl halides is 3. The lowest BCUT2D eigenvalue weighted by Gasteiger charge is -2.08. The summed E-state index contributed by atoms with van der Waals surface area (Å²) in [5.74, 6) is -1.84. The monoisotopic (exact) mass is 429 g/mol. The largest absolute Gasteiger partial charge is 0.492 e. The quantitative estimate of drug-likeness (QED) is 0.403. The normalized spacial score (nSPS) is 11.7. The fraction of sp³-hybridized carbons (Fsp3) is 0.167. The van der Waals surface area contributed by atoms with Crippen molar-refractivity contribution in [1.29, 1.82) is 0 Å². The number of carbonyl (C=O) groups excluding carboxylic acids is 1. The molecule has 0 saturated carbocycles. The fourth-order valence-electron chi connectivity index (χ4n) is 2.58. The number of carbonyl (C=O) groups is 1. The Morgan fingerprint density at radius 2 is 1.81 bits per heavy atom. The van der Waals surface area contributed by atoms with Gasteiger partial charge in [-0.15, -0.1) is 0 Å². The Hall–Kier alpha value is -2.35. The van der Waals surface area contributed by atoms with Crippen LogP contribution in [0, 0.1) is 5.82 Å². The number of rotatable bonds is 5. The minimum Gasteiger partial charge on any atom is -0.492 e. The summed E-state index contributed by atoms with van der Waals surface area (Å²) in [5, 5.41) is 0.212. The van der Waals surface area contributed by atoms with E-state index in [1.54, 1.807) is 12.1 Å². The first-order valence-electron chi connectivity index (χ1n) is 7.54. The summed E-state index contributed by atoms with van der Waals surface area (Å²) in [4.78, 5) is 11.7. The van der Waals surface area contributed by atoms with Crippen molar-refractivity contribution in [1.82, 2.24) is 4.57 Å². The van der Waals surface area contributed by atoms with Gasteiger partial charge in [-0.25, -0.2) is 4.39 Å². The number of hydrogen-bond donors (Lipinski definition) is 0. The molecule has 1 aromatic heterocycles. The Balaban J connectivity index is 1.86. The molecule has 0 aliphatic heterocycles. The Kier molecular flexibility index (Phi) is 5.04. The molecule has 0 spiro atoms. The van der Waals surface area contributed by atoms with Gasteiger partial charge in [0.25, 0.3) is 5.78 Å². The van der Waals surface area contributed by atoms with Crippen molar-refractivity contribution in [2.24, 2.45) is 0 Å². The van der Waals surface area contributed by atoms with E-state index in [0.717, 1.165) is 0 Å². The number of fused-ring (bicyclic) bond motifs is 1. The maximum absolute atomic E-state index is 12.9. The highest BCUT2D eigenvalue weighted by Gasteiger charge is 2.40. The lowest BCUT2D eigenvalue weighted by Crippen LogP contribution is -2.22. The second-order valence-electron chi connectivity index (χ2n) is 5.53. The van der Waals surface area contributed by atoms with E-state index in [-0.39, 0.29) is 18.5 Å². The van der Waals surface area contributed by atoms with E-state index in [9.17, 15) is 22.4 Å². The molecule has 0 fully saturated rings. The van der Waals surface area contributed by atoms with Crippen molar-refractivity contribution in [2.45, 2.75) is 12.7 Å². The second-order valence-corrected chi connectivity index (χ2v) is 6.44.